The Kier molecular flexibility index (Phi) is 5.77. The van der Waals surface area contributed by atoms with Crippen LogP contribution in [0, 0.1) is 5.92 Å². The highest BCUT2D eigenvalue weighted by Gasteiger charge is 2.27. The second-order valence-corrected chi connectivity index (χ2v) is 6.07. The zero-order valence-electron chi connectivity index (χ0n) is 9.33. The maximum absolute atomic E-state index is 10.1. The van der Waals surface area contributed by atoms with E-state index in [9.17, 15) is 5.11 Å². The normalized spacial score (nSPS) is 17.8. The van der Waals surface area contributed by atoms with Crippen LogP contribution < -0.4 is 5.73 Å². The van der Waals surface area contributed by atoms with Crippen molar-refractivity contribution in [1.82, 2.24) is 0 Å². The molecule has 1 aromatic rings. The number of benzene rings is 1. The lowest BCUT2D eigenvalue weighted by molar-refractivity contribution is 0.409. The van der Waals surface area contributed by atoms with Crippen molar-refractivity contribution in [3.63, 3.8) is 0 Å². The van der Waals surface area contributed by atoms with E-state index in [-0.39, 0.29) is 24.2 Å². The fourth-order valence-corrected chi connectivity index (χ4v) is 3.36. The van der Waals surface area contributed by atoms with Crippen molar-refractivity contribution in [2.24, 2.45) is 11.7 Å². The van der Waals surface area contributed by atoms with Crippen molar-refractivity contribution in [3.05, 3.63) is 26.6 Å². The Bertz CT molecular complexity index is 394. The van der Waals surface area contributed by atoms with Crippen molar-refractivity contribution in [3.8, 4) is 5.75 Å². The van der Waals surface area contributed by atoms with Crippen LogP contribution in [-0.4, -0.2) is 5.11 Å². The fraction of sp³-hybridized carbons (Fsp3) is 0.500. The Morgan fingerprint density at radius 1 is 1.18 bits per heavy atom. The van der Waals surface area contributed by atoms with Gasteiger partial charge < -0.3 is 10.8 Å². The van der Waals surface area contributed by atoms with Gasteiger partial charge in [0.05, 0.1) is 4.47 Å². The van der Waals surface area contributed by atoms with Gasteiger partial charge in [-0.15, -0.1) is 12.4 Å². The van der Waals surface area contributed by atoms with Gasteiger partial charge in [-0.05, 0) is 46.8 Å². The minimum absolute atomic E-state index is 0. The molecule has 96 valence electrons. The van der Waals surface area contributed by atoms with E-state index >= 15 is 0 Å². The van der Waals surface area contributed by atoms with E-state index < -0.39 is 0 Å². The molecular formula is C12H16Br2ClNO. The Hall–Kier alpha value is 0.230. The zero-order valence-corrected chi connectivity index (χ0v) is 13.3. The van der Waals surface area contributed by atoms with Crippen LogP contribution in [-0.2, 0) is 0 Å². The molecule has 2 rings (SSSR count). The van der Waals surface area contributed by atoms with Crippen molar-refractivity contribution in [1.29, 1.82) is 0 Å². The molecule has 3 N–H and O–H groups in total. The summed E-state index contributed by atoms with van der Waals surface area (Å²) >= 11 is 6.80. The molecule has 1 aliphatic carbocycles. The van der Waals surface area contributed by atoms with Crippen LogP contribution in [0.2, 0.25) is 0 Å². The molecule has 0 radical (unpaired) electrons. The third-order valence-corrected chi connectivity index (χ3v) is 4.69. The molecule has 1 atom stereocenters. The van der Waals surface area contributed by atoms with E-state index in [1.807, 2.05) is 12.1 Å². The lowest BCUT2D eigenvalue weighted by Gasteiger charge is -2.22. The van der Waals surface area contributed by atoms with Gasteiger partial charge in [-0.2, -0.15) is 0 Å². The number of nitrogens with two attached hydrogens (primary N) is 1. The van der Waals surface area contributed by atoms with Crippen LogP contribution >= 0.6 is 44.3 Å². The molecule has 1 fully saturated rings. The average Bonchev–Trinajstić information content (AvgIpc) is 2.77. The minimum Gasteiger partial charge on any atom is -0.506 e. The molecule has 0 unspecified atom stereocenters. The quantitative estimate of drug-likeness (QED) is 0.786. The Labute approximate surface area is 125 Å². The van der Waals surface area contributed by atoms with E-state index in [2.05, 4.69) is 31.9 Å². The number of phenolic OH excluding ortho intramolecular Hbond substituents is 1. The van der Waals surface area contributed by atoms with Crippen LogP contribution in [0.25, 0.3) is 0 Å². The summed E-state index contributed by atoms with van der Waals surface area (Å²) in [5, 5.41) is 10.1. The summed E-state index contributed by atoms with van der Waals surface area (Å²) in [6.45, 7) is 0. The van der Waals surface area contributed by atoms with Gasteiger partial charge in [-0.1, -0.05) is 28.8 Å². The van der Waals surface area contributed by atoms with E-state index in [4.69, 9.17) is 5.73 Å². The van der Waals surface area contributed by atoms with Crippen molar-refractivity contribution in [2.75, 3.05) is 0 Å². The topological polar surface area (TPSA) is 46.2 Å². The van der Waals surface area contributed by atoms with E-state index in [0.29, 0.717) is 10.4 Å². The van der Waals surface area contributed by atoms with Gasteiger partial charge in [0, 0.05) is 16.1 Å². The summed E-state index contributed by atoms with van der Waals surface area (Å²) in [5.41, 5.74) is 7.09. The van der Waals surface area contributed by atoms with Gasteiger partial charge in [-0.3, -0.25) is 0 Å². The third-order valence-electron chi connectivity index (χ3n) is 3.36. The Morgan fingerprint density at radius 2 is 1.71 bits per heavy atom. The molecule has 0 bridgehead atoms. The molecule has 0 aromatic heterocycles. The fourth-order valence-electron chi connectivity index (χ4n) is 2.43. The molecular weight excluding hydrogens is 369 g/mol. The third kappa shape index (κ3) is 3.16. The number of hydrogen-bond acceptors (Lipinski definition) is 2. The number of rotatable bonds is 2. The van der Waals surface area contributed by atoms with E-state index in [1.165, 1.54) is 25.7 Å². The highest BCUT2D eigenvalue weighted by Crippen LogP contribution is 2.42. The SMILES string of the molecule is Cl.N[C@H](c1c(Br)ccc(Br)c1O)C1CCCC1. The summed E-state index contributed by atoms with van der Waals surface area (Å²) in [7, 11) is 0. The summed E-state index contributed by atoms with van der Waals surface area (Å²) in [4.78, 5) is 0. The Balaban J connectivity index is 0.00000144. The molecule has 0 amide bonds. The van der Waals surface area contributed by atoms with Crippen LogP contribution in [0.3, 0.4) is 0 Å². The second-order valence-electron chi connectivity index (χ2n) is 4.36. The number of aromatic hydroxyl groups is 1. The summed E-state index contributed by atoms with van der Waals surface area (Å²) in [6.07, 6.45) is 4.84. The summed E-state index contributed by atoms with van der Waals surface area (Å²) in [5.74, 6) is 0.769. The minimum atomic E-state index is -0.0747. The maximum atomic E-state index is 10.1. The van der Waals surface area contributed by atoms with E-state index in [1.54, 1.807) is 0 Å². The zero-order chi connectivity index (χ0) is 11.7. The van der Waals surface area contributed by atoms with E-state index in [0.717, 1.165) is 10.0 Å². The molecule has 0 heterocycles. The van der Waals surface area contributed by atoms with Crippen molar-refractivity contribution in [2.45, 2.75) is 31.7 Å². The predicted octanol–water partition coefficient (Wildman–Crippen LogP) is 4.53. The molecule has 2 nitrogen and oxygen atoms in total. The number of halogens is 3. The van der Waals surface area contributed by atoms with Crippen molar-refractivity contribution < 1.29 is 5.11 Å². The molecule has 1 aromatic carbocycles. The van der Waals surface area contributed by atoms with Crippen LogP contribution in [0.5, 0.6) is 5.75 Å². The van der Waals surface area contributed by atoms with Gasteiger partial charge >= 0.3 is 0 Å². The molecule has 5 heteroatoms. The van der Waals surface area contributed by atoms with Gasteiger partial charge in [0.25, 0.3) is 0 Å². The lowest BCUT2D eigenvalue weighted by Crippen LogP contribution is -2.19. The van der Waals surface area contributed by atoms with Gasteiger partial charge in [0.15, 0.2) is 0 Å². The Morgan fingerprint density at radius 3 is 2.29 bits per heavy atom. The van der Waals surface area contributed by atoms with Gasteiger partial charge in [0.1, 0.15) is 5.75 Å². The standard InChI is InChI=1S/C12H15Br2NO.ClH/c13-8-5-6-9(14)12(16)10(8)11(15)7-3-1-2-4-7;/h5-7,11,16H,1-4,15H2;1H/t11-;/m0./s1. The largest absolute Gasteiger partial charge is 0.506 e. The van der Waals surface area contributed by atoms with Crippen LogP contribution in [0.1, 0.15) is 37.3 Å². The lowest BCUT2D eigenvalue weighted by atomic mass is 9.92. The summed E-state index contributed by atoms with van der Waals surface area (Å²) < 4.78 is 1.60. The highest BCUT2D eigenvalue weighted by molar-refractivity contribution is 9.11. The molecule has 0 aliphatic heterocycles. The predicted molar refractivity (Wildman–Crippen MR) is 79.6 cm³/mol. The second kappa shape index (κ2) is 6.41. The first kappa shape index (κ1) is 15.3. The smallest absolute Gasteiger partial charge is 0.135 e. The first-order chi connectivity index (χ1) is 7.61. The molecule has 1 aliphatic rings. The van der Waals surface area contributed by atoms with Crippen LogP contribution in [0.4, 0.5) is 0 Å². The van der Waals surface area contributed by atoms with Crippen LogP contribution in [0.15, 0.2) is 21.1 Å². The maximum Gasteiger partial charge on any atom is 0.135 e. The van der Waals surface area contributed by atoms with Crippen molar-refractivity contribution >= 4 is 44.3 Å². The average molecular weight is 386 g/mol. The van der Waals surface area contributed by atoms with Gasteiger partial charge in [-0.25, -0.2) is 0 Å². The first-order valence-electron chi connectivity index (χ1n) is 5.53. The number of hydrogen-bond donors (Lipinski definition) is 2. The monoisotopic (exact) mass is 383 g/mol. The summed E-state index contributed by atoms with van der Waals surface area (Å²) in [6, 6.07) is 3.67. The molecule has 1 saturated carbocycles. The number of phenols is 1. The first-order valence-corrected chi connectivity index (χ1v) is 7.12. The molecule has 0 saturated heterocycles. The molecule has 17 heavy (non-hydrogen) atoms. The van der Waals surface area contributed by atoms with Gasteiger partial charge in [0.2, 0.25) is 0 Å². The molecule has 0 spiro atoms. The highest BCUT2D eigenvalue weighted by atomic mass is 79.9.